The van der Waals surface area contributed by atoms with Crippen molar-refractivity contribution in [2.75, 3.05) is 0 Å². The van der Waals surface area contributed by atoms with E-state index in [1.165, 1.54) is 30.9 Å². The summed E-state index contributed by atoms with van der Waals surface area (Å²) >= 11 is 3.52. The Bertz CT molecular complexity index is 3200. The van der Waals surface area contributed by atoms with E-state index in [2.05, 4.69) is 152 Å². The Morgan fingerprint density at radius 1 is 0.346 bits per heavy atom. The summed E-state index contributed by atoms with van der Waals surface area (Å²) in [5, 5.41) is 10.4. The summed E-state index contributed by atoms with van der Waals surface area (Å²) in [6.07, 6.45) is 0. The molecule has 0 radical (unpaired) electrons. The van der Waals surface area contributed by atoms with Crippen molar-refractivity contribution < 1.29 is 0 Å². The summed E-state index contributed by atoms with van der Waals surface area (Å²) < 4.78 is 3.56. The second-order valence-electron chi connectivity index (χ2n) is 13.0. The molecule has 3 aromatic heterocycles. The minimum atomic E-state index is 0.650. The zero-order valence-electron chi connectivity index (χ0n) is 27.6. The highest BCUT2D eigenvalue weighted by molar-refractivity contribution is 7.26. The quantitative estimate of drug-likeness (QED) is 0.172. The highest BCUT2D eigenvalue weighted by Gasteiger charge is 2.20. The van der Waals surface area contributed by atoms with Crippen molar-refractivity contribution in [2.45, 2.75) is 0 Å². The molecule has 0 amide bonds. The maximum atomic E-state index is 5.33. The van der Waals surface area contributed by atoms with E-state index in [1.807, 2.05) is 6.07 Å². The van der Waals surface area contributed by atoms with E-state index in [4.69, 9.17) is 19.9 Å². The fraction of sp³-hybridized carbons (Fsp3) is 0. The maximum Gasteiger partial charge on any atom is 0.164 e. The van der Waals surface area contributed by atoms with Gasteiger partial charge in [0, 0.05) is 42.4 Å². The number of thiazole rings is 1. The second-order valence-corrected chi connectivity index (χ2v) is 15.2. The predicted molar refractivity (Wildman–Crippen MR) is 220 cm³/mol. The average molecular weight is 699 g/mol. The molecule has 0 aliphatic heterocycles. The molecule has 0 atom stereocenters. The molecule has 242 valence electrons. The zero-order chi connectivity index (χ0) is 34.2. The standard InChI is InChI=1S/C46H26N4S2/c1-2-12-28(13-3-1)46-47-38-26-40-37(25-41(38)52-46)42-35(19-10-20-39(42)51-40)44-48-43(31-22-21-27-11-4-5-14-29(27)23-31)49-45(50-44)36-24-30-15-6-7-16-32(30)33-17-8-9-18-34(33)36/h1-26H. The molecule has 0 saturated carbocycles. The van der Waals surface area contributed by atoms with Gasteiger partial charge < -0.3 is 0 Å². The fourth-order valence-corrected chi connectivity index (χ4v) is 9.59. The lowest BCUT2D eigenvalue weighted by Gasteiger charge is -2.13. The first kappa shape index (κ1) is 29.4. The first-order valence-electron chi connectivity index (χ1n) is 17.2. The summed E-state index contributed by atoms with van der Waals surface area (Å²) in [4.78, 5) is 20.9. The molecule has 0 aliphatic rings. The van der Waals surface area contributed by atoms with E-state index in [9.17, 15) is 0 Å². The summed E-state index contributed by atoms with van der Waals surface area (Å²) in [7, 11) is 0. The van der Waals surface area contributed by atoms with E-state index >= 15 is 0 Å². The monoisotopic (exact) mass is 698 g/mol. The summed E-state index contributed by atoms with van der Waals surface area (Å²) in [5.74, 6) is 1.96. The number of hydrogen-bond acceptors (Lipinski definition) is 6. The first-order valence-corrected chi connectivity index (χ1v) is 18.8. The lowest BCUT2D eigenvalue weighted by molar-refractivity contribution is 1.08. The van der Waals surface area contributed by atoms with Gasteiger partial charge in [-0.25, -0.2) is 19.9 Å². The van der Waals surface area contributed by atoms with Crippen molar-refractivity contribution in [2.24, 2.45) is 0 Å². The van der Waals surface area contributed by atoms with Crippen LogP contribution in [0.15, 0.2) is 158 Å². The molecule has 0 saturated heterocycles. The van der Waals surface area contributed by atoms with Crippen LogP contribution in [-0.4, -0.2) is 19.9 Å². The van der Waals surface area contributed by atoms with Crippen LogP contribution in [0.25, 0.3) is 107 Å². The van der Waals surface area contributed by atoms with Crippen LogP contribution in [-0.2, 0) is 0 Å². The van der Waals surface area contributed by atoms with Gasteiger partial charge in [0.15, 0.2) is 17.5 Å². The summed E-state index contributed by atoms with van der Waals surface area (Å²) in [6.45, 7) is 0. The number of benzene rings is 8. The van der Waals surface area contributed by atoms with Crippen LogP contribution in [0.1, 0.15) is 0 Å². The van der Waals surface area contributed by atoms with Gasteiger partial charge in [-0.3, -0.25) is 0 Å². The molecular formula is C46H26N4S2. The van der Waals surface area contributed by atoms with Crippen molar-refractivity contribution >= 4 is 85.4 Å². The highest BCUT2D eigenvalue weighted by Crippen LogP contribution is 2.43. The van der Waals surface area contributed by atoms with Gasteiger partial charge in [0.25, 0.3) is 0 Å². The molecule has 3 heterocycles. The van der Waals surface area contributed by atoms with Crippen LogP contribution >= 0.6 is 22.7 Å². The van der Waals surface area contributed by atoms with Gasteiger partial charge in [0.2, 0.25) is 0 Å². The molecule has 0 aliphatic carbocycles. The maximum absolute atomic E-state index is 5.33. The molecule has 6 heteroatoms. The summed E-state index contributed by atoms with van der Waals surface area (Å²) in [5.41, 5.74) is 5.09. The molecule has 0 bridgehead atoms. The Morgan fingerprint density at radius 3 is 1.92 bits per heavy atom. The Hall–Kier alpha value is -6.34. The largest absolute Gasteiger partial charge is 0.236 e. The van der Waals surface area contributed by atoms with Crippen LogP contribution in [0.2, 0.25) is 0 Å². The number of fused-ring (bicyclic) bond motifs is 8. The van der Waals surface area contributed by atoms with E-state index in [1.54, 1.807) is 22.7 Å². The third-order valence-electron chi connectivity index (χ3n) is 9.92. The third kappa shape index (κ3) is 4.73. The number of nitrogens with zero attached hydrogens (tertiary/aromatic N) is 4. The fourth-order valence-electron chi connectivity index (χ4n) is 7.45. The average Bonchev–Trinajstić information content (AvgIpc) is 3.80. The minimum Gasteiger partial charge on any atom is -0.236 e. The van der Waals surface area contributed by atoms with Gasteiger partial charge in [-0.1, -0.05) is 127 Å². The van der Waals surface area contributed by atoms with Crippen molar-refractivity contribution in [1.82, 2.24) is 19.9 Å². The molecule has 0 N–H and O–H groups in total. The minimum absolute atomic E-state index is 0.650. The van der Waals surface area contributed by atoms with Gasteiger partial charge in [-0.15, -0.1) is 22.7 Å². The Labute approximate surface area is 306 Å². The highest BCUT2D eigenvalue weighted by atomic mass is 32.1. The van der Waals surface area contributed by atoms with Crippen molar-refractivity contribution in [3.63, 3.8) is 0 Å². The van der Waals surface area contributed by atoms with Gasteiger partial charge in [0.1, 0.15) is 5.01 Å². The van der Waals surface area contributed by atoms with E-state index in [-0.39, 0.29) is 0 Å². The Morgan fingerprint density at radius 2 is 1.06 bits per heavy atom. The number of thiophene rings is 1. The van der Waals surface area contributed by atoms with Crippen molar-refractivity contribution in [3.8, 4) is 44.7 Å². The van der Waals surface area contributed by atoms with Gasteiger partial charge in [-0.2, -0.15) is 0 Å². The molecule has 11 aromatic rings. The van der Waals surface area contributed by atoms with Gasteiger partial charge >= 0.3 is 0 Å². The SMILES string of the molecule is c1ccc(-c2nc3cc4sc5cccc(-c6nc(-c7ccc8ccccc8c7)nc(-c7cc8ccccc8c8ccccc78)n6)c5c4cc3s2)cc1. The lowest BCUT2D eigenvalue weighted by Crippen LogP contribution is -2.01. The van der Waals surface area contributed by atoms with Crippen LogP contribution in [0.3, 0.4) is 0 Å². The normalized spacial score (nSPS) is 11.8. The van der Waals surface area contributed by atoms with E-state index in [0.717, 1.165) is 59.0 Å². The Kier molecular flexibility index (Phi) is 6.56. The summed E-state index contributed by atoms with van der Waals surface area (Å²) in [6, 6.07) is 55.6. The third-order valence-corrected chi connectivity index (χ3v) is 12.1. The van der Waals surface area contributed by atoms with Crippen LogP contribution in [0, 0.1) is 0 Å². The molecule has 8 aromatic carbocycles. The second kappa shape index (κ2) is 11.6. The van der Waals surface area contributed by atoms with Crippen molar-refractivity contribution in [1.29, 1.82) is 0 Å². The van der Waals surface area contributed by atoms with Crippen LogP contribution < -0.4 is 0 Å². The predicted octanol–water partition coefficient (Wildman–Crippen LogP) is 13.0. The number of hydrogen-bond donors (Lipinski definition) is 0. The molecule has 52 heavy (non-hydrogen) atoms. The molecule has 0 spiro atoms. The van der Waals surface area contributed by atoms with Gasteiger partial charge in [-0.05, 0) is 62.6 Å². The molecule has 0 fully saturated rings. The molecule has 0 unspecified atom stereocenters. The van der Waals surface area contributed by atoms with Gasteiger partial charge in [0.05, 0.1) is 10.2 Å². The smallest absolute Gasteiger partial charge is 0.164 e. The molecule has 11 rings (SSSR count). The van der Waals surface area contributed by atoms with Crippen LogP contribution in [0.4, 0.5) is 0 Å². The van der Waals surface area contributed by atoms with Crippen molar-refractivity contribution in [3.05, 3.63) is 158 Å². The number of aromatic nitrogens is 4. The van der Waals surface area contributed by atoms with E-state index in [0.29, 0.717) is 17.5 Å². The van der Waals surface area contributed by atoms with Crippen LogP contribution in [0.5, 0.6) is 0 Å². The Balaban J connectivity index is 1.18. The topological polar surface area (TPSA) is 51.6 Å². The lowest BCUT2D eigenvalue weighted by atomic mass is 9.96. The zero-order valence-corrected chi connectivity index (χ0v) is 29.2. The molecule has 4 nitrogen and oxygen atoms in total. The first-order chi connectivity index (χ1) is 25.7. The van der Waals surface area contributed by atoms with E-state index < -0.39 is 0 Å². The molecular weight excluding hydrogens is 673 g/mol. The number of rotatable bonds is 4.